The van der Waals surface area contributed by atoms with Crippen LogP contribution >= 0.6 is 0 Å². The second-order valence-corrected chi connectivity index (χ2v) is 5.82. The molecule has 3 N–H and O–H groups in total. The monoisotopic (exact) mass is 319 g/mol. The molecule has 6 nitrogen and oxygen atoms in total. The first-order valence-corrected chi connectivity index (χ1v) is 8.17. The van der Waals surface area contributed by atoms with Gasteiger partial charge in [-0.1, -0.05) is 19.8 Å². The maximum Gasteiger partial charge on any atom is 0.265 e. The Bertz CT molecular complexity index is 574. The predicted molar refractivity (Wildman–Crippen MR) is 90.8 cm³/mol. The number of hydrogen-bond acceptors (Lipinski definition) is 4. The molecule has 1 aliphatic rings. The van der Waals surface area contributed by atoms with Crippen LogP contribution in [0.2, 0.25) is 0 Å². The minimum atomic E-state index is -0.492. The Morgan fingerprint density at radius 1 is 1.39 bits per heavy atom. The first-order chi connectivity index (χ1) is 11.0. The SMILES string of the molecule is CCCCCNC(=O)[C@H](C)Nc1ccc2c(c1)NC(=O)[C@@H](C)O2. The molecule has 2 amide bonds. The summed E-state index contributed by atoms with van der Waals surface area (Å²) < 4.78 is 5.51. The molecule has 0 radical (unpaired) electrons. The van der Waals surface area contributed by atoms with E-state index in [1.165, 1.54) is 0 Å². The molecule has 0 bridgehead atoms. The molecule has 1 aliphatic heterocycles. The molecule has 0 aromatic heterocycles. The molecular formula is C17H25N3O3. The first-order valence-electron chi connectivity index (χ1n) is 8.17. The average molecular weight is 319 g/mol. The predicted octanol–water partition coefficient (Wildman–Crippen LogP) is 2.51. The highest BCUT2D eigenvalue weighted by Crippen LogP contribution is 2.32. The third-order valence-electron chi connectivity index (χ3n) is 3.77. The van der Waals surface area contributed by atoms with Crippen LogP contribution in [0, 0.1) is 0 Å². The fraction of sp³-hybridized carbons (Fsp3) is 0.529. The zero-order valence-corrected chi connectivity index (χ0v) is 13.9. The number of amides is 2. The van der Waals surface area contributed by atoms with Crippen LogP contribution in [0.25, 0.3) is 0 Å². The molecule has 126 valence electrons. The number of anilines is 2. The standard InChI is InChI=1S/C17H25N3O3/c1-4-5-6-9-18-16(21)11(2)19-13-7-8-15-14(10-13)20-17(22)12(3)23-15/h7-8,10-12,19H,4-6,9H2,1-3H3,(H,18,21)(H,20,22)/t11-,12+/m0/s1. The second kappa shape index (κ2) is 7.85. The lowest BCUT2D eigenvalue weighted by Crippen LogP contribution is -2.38. The molecule has 0 saturated heterocycles. The van der Waals surface area contributed by atoms with E-state index < -0.39 is 6.10 Å². The lowest BCUT2D eigenvalue weighted by atomic mass is 10.2. The van der Waals surface area contributed by atoms with Gasteiger partial charge in [0.15, 0.2) is 6.10 Å². The Balaban J connectivity index is 1.91. The molecule has 6 heteroatoms. The number of fused-ring (bicyclic) bond motifs is 1. The third-order valence-corrected chi connectivity index (χ3v) is 3.77. The van der Waals surface area contributed by atoms with Crippen LogP contribution in [0.5, 0.6) is 5.75 Å². The number of rotatable bonds is 7. The van der Waals surface area contributed by atoms with Crippen molar-refractivity contribution in [3.05, 3.63) is 18.2 Å². The highest BCUT2D eigenvalue weighted by atomic mass is 16.5. The van der Waals surface area contributed by atoms with E-state index in [1.54, 1.807) is 19.1 Å². The van der Waals surface area contributed by atoms with Gasteiger partial charge in [0.2, 0.25) is 5.91 Å². The summed E-state index contributed by atoms with van der Waals surface area (Å²) in [5, 5.41) is 8.85. The van der Waals surface area contributed by atoms with Crippen LogP contribution in [-0.4, -0.2) is 30.5 Å². The smallest absolute Gasteiger partial charge is 0.265 e. The van der Waals surface area contributed by atoms with E-state index in [4.69, 9.17) is 4.74 Å². The summed E-state index contributed by atoms with van der Waals surface area (Å²) in [6.07, 6.45) is 2.75. The maximum absolute atomic E-state index is 12.0. The van der Waals surface area contributed by atoms with E-state index in [-0.39, 0.29) is 17.9 Å². The highest BCUT2D eigenvalue weighted by Gasteiger charge is 2.23. The number of carbonyl (C=O) groups excluding carboxylic acids is 2. The molecule has 1 aromatic rings. The molecule has 0 unspecified atom stereocenters. The van der Waals surface area contributed by atoms with E-state index in [1.807, 2.05) is 13.0 Å². The lowest BCUT2D eigenvalue weighted by Gasteiger charge is -2.24. The maximum atomic E-state index is 12.0. The minimum absolute atomic E-state index is 0.0345. The molecule has 2 atom stereocenters. The van der Waals surface area contributed by atoms with Gasteiger partial charge in [0, 0.05) is 12.2 Å². The molecule has 0 spiro atoms. The largest absolute Gasteiger partial charge is 0.479 e. The molecule has 23 heavy (non-hydrogen) atoms. The number of ether oxygens (including phenoxy) is 1. The summed E-state index contributed by atoms with van der Waals surface area (Å²) in [5.74, 6) is 0.434. The average Bonchev–Trinajstić information content (AvgIpc) is 2.52. The zero-order valence-electron chi connectivity index (χ0n) is 13.9. The Morgan fingerprint density at radius 2 is 2.17 bits per heavy atom. The Hall–Kier alpha value is -2.24. The molecule has 0 aliphatic carbocycles. The van der Waals surface area contributed by atoms with Gasteiger partial charge in [0.1, 0.15) is 11.8 Å². The molecule has 1 aromatic carbocycles. The molecule has 0 saturated carbocycles. The van der Waals surface area contributed by atoms with E-state index in [2.05, 4.69) is 22.9 Å². The van der Waals surface area contributed by atoms with Crippen LogP contribution in [0.4, 0.5) is 11.4 Å². The van der Waals surface area contributed by atoms with Gasteiger partial charge in [0.05, 0.1) is 5.69 Å². The van der Waals surface area contributed by atoms with Crippen LogP contribution in [0.3, 0.4) is 0 Å². The Labute approximate surface area is 137 Å². The van der Waals surface area contributed by atoms with E-state index in [9.17, 15) is 9.59 Å². The molecule has 0 fully saturated rings. The van der Waals surface area contributed by atoms with Crippen molar-refractivity contribution >= 4 is 23.2 Å². The first kappa shape index (κ1) is 17.1. The van der Waals surface area contributed by atoms with Gasteiger partial charge in [-0.25, -0.2) is 0 Å². The van der Waals surface area contributed by atoms with E-state index in [0.29, 0.717) is 18.0 Å². The second-order valence-electron chi connectivity index (χ2n) is 5.82. The van der Waals surface area contributed by atoms with Gasteiger partial charge in [-0.3, -0.25) is 9.59 Å². The van der Waals surface area contributed by atoms with E-state index in [0.717, 1.165) is 24.9 Å². The number of nitrogens with one attached hydrogen (secondary N) is 3. The van der Waals surface area contributed by atoms with Crippen molar-refractivity contribution in [2.75, 3.05) is 17.2 Å². The number of carbonyl (C=O) groups is 2. The number of benzene rings is 1. The van der Waals surface area contributed by atoms with Crippen molar-refractivity contribution in [1.29, 1.82) is 0 Å². The van der Waals surface area contributed by atoms with Gasteiger partial charge in [-0.15, -0.1) is 0 Å². The van der Waals surface area contributed by atoms with Gasteiger partial charge in [-0.2, -0.15) is 0 Å². The number of hydrogen-bond donors (Lipinski definition) is 3. The van der Waals surface area contributed by atoms with Crippen molar-refractivity contribution in [3.63, 3.8) is 0 Å². The van der Waals surface area contributed by atoms with Crippen LogP contribution in [0.1, 0.15) is 40.0 Å². The third kappa shape index (κ3) is 4.61. The summed E-state index contributed by atoms with van der Waals surface area (Å²) >= 11 is 0. The molecule has 2 rings (SSSR count). The van der Waals surface area contributed by atoms with Crippen LogP contribution in [-0.2, 0) is 9.59 Å². The fourth-order valence-corrected chi connectivity index (χ4v) is 2.35. The van der Waals surface area contributed by atoms with Gasteiger partial charge in [0.25, 0.3) is 5.91 Å². The van der Waals surface area contributed by atoms with Crippen molar-refractivity contribution < 1.29 is 14.3 Å². The van der Waals surface area contributed by atoms with Crippen molar-refractivity contribution in [3.8, 4) is 5.75 Å². The highest BCUT2D eigenvalue weighted by molar-refractivity contribution is 5.98. The van der Waals surface area contributed by atoms with E-state index >= 15 is 0 Å². The van der Waals surface area contributed by atoms with Crippen molar-refractivity contribution in [2.24, 2.45) is 0 Å². The quantitative estimate of drug-likeness (QED) is 0.675. The summed E-state index contributed by atoms with van der Waals surface area (Å²) in [5.41, 5.74) is 1.38. The topological polar surface area (TPSA) is 79.5 Å². The van der Waals surface area contributed by atoms with Crippen LogP contribution < -0.4 is 20.7 Å². The van der Waals surface area contributed by atoms with Gasteiger partial charge < -0.3 is 20.7 Å². The molecular weight excluding hydrogens is 294 g/mol. The Kier molecular flexibility index (Phi) is 5.84. The summed E-state index contributed by atoms with van der Waals surface area (Å²) in [6, 6.07) is 5.05. The summed E-state index contributed by atoms with van der Waals surface area (Å²) in [7, 11) is 0. The van der Waals surface area contributed by atoms with Gasteiger partial charge in [-0.05, 0) is 38.5 Å². The van der Waals surface area contributed by atoms with Gasteiger partial charge >= 0.3 is 0 Å². The fourth-order valence-electron chi connectivity index (χ4n) is 2.35. The normalized spacial score (nSPS) is 17.5. The summed E-state index contributed by atoms with van der Waals surface area (Å²) in [6.45, 7) is 6.34. The summed E-state index contributed by atoms with van der Waals surface area (Å²) in [4.78, 5) is 23.7. The van der Waals surface area contributed by atoms with Crippen molar-refractivity contribution in [1.82, 2.24) is 5.32 Å². The van der Waals surface area contributed by atoms with Crippen LogP contribution in [0.15, 0.2) is 18.2 Å². The molecule has 1 heterocycles. The number of unbranched alkanes of at least 4 members (excludes halogenated alkanes) is 2. The van der Waals surface area contributed by atoms with Crippen molar-refractivity contribution in [2.45, 2.75) is 52.2 Å². The lowest BCUT2D eigenvalue weighted by molar-refractivity contribution is -0.123. The zero-order chi connectivity index (χ0) is 16.8. The minimum Gasteiger partial charge on any atom is -0.479 e. The Morgan fingerprint density at radius 3 is 2.91 bits per heavy atom.